The summed E-state index contributed by atoms with van der Waals surface area (Å²) < 4.78 is 0. The van der Waals surface area contributed by atoms with E-state index >= 15 is 0 Å². The van der Waals surface area contributed by atoms with Crippen LogP contribution < -0.4 is 5.32 Å². The Labute approximate surface area is 166 Å². The van der Waals surface area contributed by atoms with E-state index in [1.54, 1.807) is 0 Å². The summed E-state index contributed by atoms with van der Waals surface area (Å²) in [5.41, 5.74) is -0.797. The van der Waals surface area contributed by atoms with Gasteiger partial charge in [-0.3, -0.25) is 14.9 Å². The molecule has 2 amide bonds. The molecule has 2 aliphatic carbocycles. The largest absolute Gasteiger partial charge is 0.295 e. The normalized spacial score (nSPS) is 32.6. The minimum absolute atomic E-state index is 0.0900. The fraction of sp³-hybridized carbons (Fsp3) is 0.917. The molecule has 0 aromatic rings. The minimum atomic E-state index is -0.402. The number of amides is 2. The Morgan fingerprint density at radius 2 is 1.41 bits per heavy atom. The van der Waals surface area contributed by atoms with E-state index in [4.69, 9.17) is 0 Å². The molecule has 0 bridgehead atoms. The zero-order chi connectivity index (χ0) is 19.2. The number of fused-ring (bicyclic) bond motifs is 1. The first-order chi connectivity index (χ1) is 13.2. The van der Waals surface area contributed by atoms with Crippen molar-refractivity contribution in [1.82, 2.24) is 5.32 Å². The first-order valence-corrected chi connectivity index (χ1v) is 12.0. The average molecular weight is 376 g/mol. The monoisotopic (exact) mass is 375 g/mol. The summed E-state index contributed by atoms with van der Waals surface area (Å²) in [5.74, 6) is 0.615. The first-order valence-electron chi connectivity index (χ1n) is 12.0. The van der Waals surface area contributed by atoms with Crippen molar-refractivity contribution in [2.45, 2.75) is 122 Å². The van der Waals surface area contributed by atoms with Crippen molar-refractivity contribution in [3.05, 3.63) is 0 Å². The predicted molar refractivity (Wildman–Crippen MR) is 110 cm³/mol. The molecule has 0 aromatic heterocycles. The molecule has 154 valence electrons. The number of carbonyl (C=O) groups is 2. The molecule has 2 saturated carbocycles. The second kappa shape index (κ2) is 9.56. The van der Waals surface area contributed by atoms with Crippen LogP contribution in [0.3, 0.4) is 0 Å². The van der Waals surface area contributed by atoms with E-state index < -0.39 is 10.8 Å². The van der Waals surface area contributed by atoms with Crippen LogP contribution >= 0.6 is 0 Å². The van der Waals surface area contributed by atoms with Crippen LogP contribution in [0.25, 0.3) is 0 Å². The number of nitrogens with one attached hydrogen (secondary N) is 1. The average Bonchev–Trinajstić information content (AvgIpc) is 2.94. The number of imide groups is 1. The van der Waals surface area contributed by atoms with Crippen LogP contribution in [0.1, 0.15) is 122 Å². The van der Waals surface area contributed by atoms with Gasteiger partial charge in [0, 0.05) is 0 Å². The number of unbranched alkanes of at least 4 members (excludes halogenated alkanes) is 5. The van der Waals surface area contributed by atoms with Gasteiger partial charge in [-0.1, -0.05) is 90.4 Å². The highest BCUT2D eigenvalue weighted by Gasteiger charge is 2.67. The molecule has 1 heterocycles. The summed E-state index contributed by atoms with van der Waals surface area (Å²) in [4.78, 5) is 26.6. The van der Waals surface area contributed by atoms with Crippen molar-refractivity contribution in [3.8, 4) is 0 Å². The Morgan fingerprint density at radius 1 is 0.778 bits per heavy atom. The molecule has 1 N–H and O–H groups in total. The van der Waals surface area contributed by atoms with Gasteiger partial charge in [0.15, 0.2) is 0 Å². The molecule has 3 fully saturated rings. The minimum Gasteiger partial charge on any atom is -0.295 e. The zero-order valence-electron chi connectivity index (χ0n) is 17.6. The highest BCUT2D eigenvalue weighted by atomic mass is 16.2. The van der Waals surface area contributed by atoms with Gasteiger partial charge in [-0.2, -0.15) is 0 Å². The first kappa shape index (κ1) is 20.9. The maximum Gasteiger partial charge on any atom is 0.234 e. The van der Waals surface area contributed by atoms with E-state index in [2.05, 4.69) is 12.2 Å². The van der Waals surface area contributed by atoms with Crippen LogP contribution in [0.5, 0.6) is 0 Å². The SMILES string of the molecule is CCCCCCCCC12CCCCCC1(C1CCCCCC1)C(=O)NC2=O. The van der Waals surface area contributed by atoms with Gasteiger partial charge in [-0.15, -0.1) is 0 Å². The van der Waals surface area contributed by atoms with Gasteiger partial charge < -0.3 is 0 Å². The van der Waals surface area contributed by atoms with E-state index in [0.717, 1.165) is 51.4 Å². The summed E-state index contributed by atoms with van der Waals surface area (Å²) in [6, 6.07) is 0. The molecule has 0 radical (unpaired) electrons. The number of carbonyl (C=O) groups excluding carboxylic acids is 2. The zero-order valence-corrected chi connectivity index (χ0v) is 17.6. The van der Waals surface area contributed by atoms with Crippen LogP contribution in [0.15, 0.2) is 0 Å². The lowest BCUT2D eigenvalue weighted by atomic mass is 9.53. The van der Waals surface area contributed by atoms with E-state index in [-0.39, 0.29) is 11.8 Å². The third-order valence-electron chi connectivity index (χ3n) is 8.10. The standard InChI is InChI=1S/C24H41NO2/c1-2-3-4-5-8-12-17-23-18-13-9-14-19-24(23,22(27)25-21(23)26)20-15-10-6-7-11-16-20/h20H,2-19H2,1H3,(H,25,26,27). The van der Waals surface area contributed by atoms with E-state index in [0.29, 0.717) is 5.92 Å². The Kier molecular flexibility index (Phi) is 7.39. The quantitative estimate of drug-likeness (QED) is 0.307. The van der Waals surface area contributed by atoms with E-state index in [1.165, 1.54) is 64.2 Å². The summed E-state index contributed by atoms with van der Waals surface area (Å²) in [7, 11) is 0. The van der Waals surface area contributed by atoms with Gasteiger partial charge in [-0.25, -0.2) is 0 Å². The molecule has 2 unspecified atom stereocenters. The van der Waals surface area contributed by atoms with Crippen LogP contribution in [-0.2, 0) is 9.59 Å². The highest BCUT2D eigenvalue weighted by Crippen LogP contribution is 2.61. The molecule has 27 heavy (non-hydrogen) atoms. The van der Waals surface area contributed by atoms with Gasteiger partial charge >= 0.3 is 0 Å². The van der Waals surface area contributed by atoms with Crippen molar-refractivity contribution in [2.24, 2.45) is 16.7 Å². The number of rotatable bonds is 8. The van der Waals surface area contributed by atoms with Crippen molar-refractivity contribution >= 4 is 11.8 Å². The summed E-state index contributed by atoms with van der Waals surface area (Å²) in [6.45, 7) is 2.25. The topological polar surface area (TPSA) is 46.2 Å². The summed E-state index contributed by atoms with van der Waals surface area (Å²) in [5, 5.41) is 2.87. The Hall–Kier alpha value is -0.860. The van der Waals surface area contributed by atoms with Crippen LogP contribution in [0.4, 0.5) is 0 Å². The Bertz CT molecular complexity index is 509. The van der Waals surface area contributed by atoms with Crippen LogP contribution in [0.2, 0.25) is 0 Å². The molecule has 0 spiro atoms. The van der Waals surface area contributed by atoms with Gasteiger partial charge in [0.05, 0.1) is 10.8 Å². The summed E-state index contributed by atoms with van der Waals surface area (Å²) >= 11 is 0. The molecule has 0 aromatic carbocycles. The van der Waals surface area contributed by atoms with Crippen molar-refractivity contribution in [3.63, 3.8) is 0 Å². The molecule has 1 saturated heterocycles. The van der Waals surface area contributed by atoms with Crippen molar-refractivity contribution in [2.75, 3.05) is 0 Å². The fourth-order valence-electron chi connectivity index (χ4n) is 6.67. The van der Waals surface area contributed by atoms with Gasteiger partial charge in [0.25, 0.3) is 0 Å². The van der Waals surface area contributed by atoms with Crippen LogP contribution in [-0.4, -0.2) is 11.8 Å². The second-order valence-corrected chi connectivity index (χ2v) is 9.60. The second-order valence-electron chi connectivity index (χ2n) is 9.60. The summed E-state index contributed by atoms with van der Waals surface area (Å²) in [6.07, 6.45) is 21.1. The maximum absolute atomic E-state index is 13.4. The molecule has 1 aliphatic heterocycles. The van der Waals surface area contributed by atoms with Crippen molar-refractivity contribution in [1.29, 1.82) is 0 Å². The molecular weight excluding hydrogens is 334 g/mol. The van der Waals surface area contributed by atoms with E-state index in [9.17, 15) is 9.59 Å². The fourth-order valence-corrected chi connectivity index (χ4v) is 6.67. The van der Waals surface area contributed by atoms with Gasteiger partial charge in [-0.05, 0) is 38.0 Å². The maximum atomic E-state index is 13.4. The molecular formula is C24H41NO2. The van der Waals surface area contributed by atoms with Gasteiger partial charge in [0.2, 0.25) is 11.8 Å². The third-order valence-corrected chi connectivity index (χ3v) is 8.10. The lowest BCUT2D eigenvalue weighted by molar-refractivity contribution is -0.143. The number of hydrogen-bond donors (Lipinski definition) is 1. The molecule has 3 aliphatic rings. The Morgan fingerprint density at radius 3 is 2.15 bits per heavy atom. The number of hydrogen-bond acceptors (Lipinski definition) is 2. The van der Waals surface area contributed by atoms with Crippen LogP contribution in [0, 0.1) is 16.7 Å². The Balaban J connectivity index is 1.82. The van der Waals surface area contributed by atoms with E-state index in [1.807, 2.05) is 0 Å². The molecule has 3 heteroatoms. The molecule has 2 atom stereocenters. The predicted octanol–water partition coefficient (Wildman–Crippen LogP) is 6.30. The van der Waals surface area contributed by atoms with Crippen molar-refractivity contribution < 1.29 is 9.59 Å². The highest BCUT2D eigenvalue weighted by molar-refractivity contribution is 6.10. The lowest BCUT2D eigenvalue weighted by Crippen LogP contribution is -2.49. The molecule has 3 rings (SSSR count). The lowest BCUT2D eigenvalue weighted by Gasteiger charge is -2.46. The molecule has 3 nitrogen and oxygen atoms in total. The van der Waals surface area contributed by atoms with Gasteiger partial charge in [0.1, 0.15) is 0 Å². The smallest absolute Gasteiger partial charge is 0.234 e. The third kappa shape index (κ3) is 3.98.